The summed E-state index contributed by atoms with van der Waals surface area (Å²) in [6, 6.07) is 6.12. The number of rotatable bonds is 7. The number of aryl methyl sites for hydroxylation is 2. The van der Waals surface area contributed by atoms with Gasteiger partial charge in [0.25, 0.3) is 0 Å². The zero-order valence-corrected chi connectivity index (χ0v) is 14.1. The zero-order chi connectivity index (χ0) is 16.4. The van der Waals surface area contributed by atoms with Crippen molar-refractivity contribution in [3.63, 3.8) is 0 Å². The molecular formula is C18H27N3O. The standard InChI is InChI=1S/C16H21N3O.C2H6/c1-13-5-6-15(11-16(13)20-3)14(2)18-7-4-9-19-10-8-17-12-19;1-2/h5-6,8,10-12,18H,2,4,7,9H2,1,3H3;1-2H3. The quantitative estimate of drug-likeness (QED) is 0.789. The monoisotopic (exact) mass is 301 g/mol. The van der Waals surface area contributed by atoms with Crippen LogP contribution in [0.3, 0.4) is 0 Å². The summed E-state index contributed by atoms with van der Waals surface area (Å²) in [5.41, 5.74) is 3.12. The highest BCUT2D eigenvalue weighted by Crippen LogP contribution is 2.21. The first-order chi connectivity index (χ1) is 10.7. The van der Waals surface area contributed by atoms with Crippen LogP contribution in [0.15, 0.2) is 43.5 Å². The van der Waals surface area contributed by atoms with Gasteiger partial charge in [-0.3, -0.25) is 0 Å². The minimum absolute atomic E-state index is 0.882. The van der Waals surface area contributed by atoms with Gasteiger partial charge in [-0.1, -0.05) is 32.6 Å². The molecule has 1 heterocycles. The second-order valence-corrected chi connectivity index (χ2v) is 4.74. The molecule has 2 rings (SSSR count). The highest BCUT2D eigenvalue weighted by Gasteiger charge is 2.03. The van der Waals surface area contributed by atoms with E-state index >= 15 is 0 Å². The summed E-state index contributed by atoms with van der Waals surface area (Å²) in [5, 5.41) is 3.35. The topological polar surface area (TPSA) is 39.1 Å². The zero-order valence-electron chi connectivity index (χ0n) is 14.1. The molecule has 1 N–H and O–H groups in total. The Kier molecular flexibility index (Phi) is 7.83. The number of imidazole rings is 1. The molecule has 0 saturated heterocycles. The van der Waals surface area contributed by atoms with Gasteiger partial charge in [0.1, 0.15) is 5.75 Å². The van der Waals surface area contributed by atoms with Gasteiger partial charge < -0.3 is 14.6 Å². The third-order valence-electron chi connectivity index (χ3n) is 3.25. The van der Waals surface area contributed by atoms with Gasteiger partial charge in [0, 0.05) is 36.7 Å². The average Bonchev–Trinajstić information content (AvgIpc) is 3.07. The summed E-state index contributed by atoms with van der Waals surface area (Å²) in [6.07, 6.45) is 6.63. The lowest BCUT2D eigenvalue weighted by atomic mass is 10.1. The van der Waals surface area contributed by atoms with Crippen LogP contribution in [-0.4, -0.2) is 23.2 Å². The Bertz CT molecular complexity index is 562. The average molecular weight is 301 g/mol. The van der Waals surface area contributed by atoms with Gasteiger partial charge in [0.2, 0.25) is 0 Å². The Balaban J connectivity index is 0.00000116. The highest BCUT2D eigenvalue weighted by atomic mass is 16.5. The van der Waals surface area contributed by atoms with Crippen molar-refractivity contribution in [3.8, 4) is 5.75 Å². The maximum atomic E-state index is 5.33. The molecule has 0 aliphatic carbocycles. The molecule has 0 spiro atoms. The SMILES string of the molecule is C=C(NCCCn1ccnc1)c1ccc(C)c(OC)c1.CC. The molecule has 4 nitrogen and oxygen atoms in total. The number of ether oxygens (including phenoxy) is 1. The van der Waals surface area contributed by atoms with Crippen LogP contribution in [0.2, 0.25) is 0 Å². The fraction of sp³-hybridized carbons (Fsp3) is 0.389. The molecule has 1 aromatic heterocycles. The molecule has 0 amide bonds. The van der Waals surface area contributed by atoms with Crippen LogP contribution in [-0.2, 0) is 6.54 Å². The van der Waals surface area contributed by atoms with Crippen LogP contribution in [0, 0.1) is 6.92 Å². The Morgan fingerprint density at radius 1 is 1.36 bits per heavy atom. The van der Waals surface area contributed by atoms with E-state index in [2.05, 4.69) is 27.5 Å². The lowest BCUT2D eigenvalue weighted by Crippen LogP contribution is -2.14. The van der Waals surface area contributed by atoms with Gasteiger partial charge in [-0.15, -0.1) is 0 Å². The Morgan fingerprint density at radius 2 is 2.14 bits per heavy atom. The van der Waals surface area contributed by atoms with Gasteiger partial charge in [0.15, 0.2) is 0 Å². The maximum absolute atomic E-state index is 5.33. The molecule has 0 saturated carbocycles. The van der Waals surface area contributed by atoms with E-state index < -0.39 is 0 Å². The molecule has 0 aliphatic rings. The fourth-order valence-corrected chi connectivity index (χ4v) is 2.03. The van der Waals surface area contributed by atoms with E-state index in [1.165, 1.54) is 0 Å². The van der Waals surface area contributed by atoms with E-state index in [4.69, 9.17) is 4.74 Å². The van der Waals surface area contributed by atoms with Crippen molar-refractivity contribution in [1.29, 1.82) is 0 Å². The first kappa shape index (κ1) is 17.8. The molecule has 0 radical (unpaired) electrons. The molecule has 0 bridgehead atoms. The predicted octanol–water partition coefficient (Wildman–Crippen LogP) is 3.88. The van der Waals surface area contributed by atoms with Crippen LogP contribution < -0.4 is 10.1 Å². The van der Waals surface area contributed by atoms with Crippen molar-refractivity contribution in [2.24, 2.45) is 0 Å². The lowest BCUT2D eigenvalue weighted by Gasteiger charge is -2.12. The third kappa shape index (κ3) is 5.28. The van der Waals surface area contributed by atoms with E-state index in [9.17, 15) is 0 Å². The molecule has 0 fully saturated rings. The van der Waals surface area contributed by atoms with Crippen molar-refractivity contribution in [3.05, 3.63) is 54.6 Å². The Morgan fingerprint density at radius 3 is 2.77 bits per heavy atom. The van der Waals surface area contributed by atoms with Crippen LogP contribution in [0.1, 0.15) is 31.4 Å². The molecule has 4 heteroatoms. The van der Waals surface area contributed by atoms with Crippen LogP contribution in [0.5, 0.6) is 5.75 Å². The number of methoxy groups -OCH3 is 1. The number of aromatic nitrogens is 2. The smallest absolute Gasteiger partial charge is 0.122 e. The Hall–Kier alpha value is -2.23. The maximum Gasteiger partial charge on any atom is 0.122 e. The molecule has 0 atom stereocenters. The molecule has 0 aliphatic heterocycles. The lowest BCUT2D eigenvalue weighted by molar-refractivity contribution is 0.411. The van der Waals surface area contributed by atoms with E-state index in [0.717, 1.165) is 42.1 Å². The molecule has 120 valence electrons. The first-order valence-electron chi connectivity index (χ1n) is 7.74. The number of nitrogens with zero attached hydrogens (tertiary/aromatic N) is 2. The van der Waals surface area contributed by atoms with Crippen molar-refractivity contribution in [1.82, 2.24) is 14.9 Å². The molecule has 2 aromatic rings. The first-order valence-corrected chi connectivity index (χ1v) is 7.74. The summed E-state index contributed by atoms with van der Waals surface area (Å²) in [6.45, 7) is 11.9. The van der Waals surface area contributed by atoms with E-state index in [1.807, 2.05) is 45.4 Å². The summed E-state index contributed by atoms with van der Waals surface area (Å²) < 4.78 is 7.40. The second kappa shape index (κ2) is 9.66. The Labute approximate surface area is 133 Å². The summed E-state index contributed by atoms with van der Waals surface area (Å²) in [5.74, 6) is 0.892. The van der Waals surface area contributed by atoms with Crippen LogP contribution in [0.4, 0.5) is 0 Å². The number of hydrogen-bond acceptors (Lipinski definition) is 3. The molecule has 1 aromatic carbocycles. The minimum Gasteiger partial charge on any atom is -0.496 e. The van der Waals surface area contributed by atoms with E-state index in [0.29, 0.717) is 0 Å². The predicted molar refractivity (Wildman–Crippen MR) is 93.0 cm³/mol. The summed E-state index contributed by atoms with van der Waals surface area (Å²) in [4.78, 5) is 4.02. The summed E-state index contributed by atoms with van der Waals surface area (Å²) >= 11 is 0. The third-order valence-corrected chi connectivity index (χ3v) is 3.25. The van der Waals surface area contributed by atoms with Gasteiger partial charge in [-0.25, -0.2) is 4.98 Å². The van der Waals surface area contributed by atoms with Gasteiger partial charge in [-0.05, 0) is 25.0 Å². The van der Waals surface area contributed by atoms with Crippen molar-refractivity contribution in [2.45, 2.75) is 33.7 Å². The van der Waals surface area contributed by atoms with E-state index in [-0.39, 0.29) is 0 Å². The molecule has 22 heavy (non-hydrogen) atoms. The van der Waals surface area contributed by atoms with Crippen LogP contribution >= 0.6 is 0 Å². The highest BCUT2D eigenvalue weighted by molar-refractivity contribution is 5.63. The number of hydrogen-bond donors (Lipinski definition) is 1. The normalized spacial score (nSPS) is 9.64. The van der Waals surface area contributed by atoms with Crippen LogP contribution in [0.25, 0.3) is 5.70 Å². The van der Waals surface area contributed by atoms with Gasteiger partial charge in [0.05, 0.1) is 13.4 Å². The van der Waals surface area contributed by atoms with Gasteiger partial charge in [-0.2, -0.15) is 0 Å². The van der Waals surface area contributed by atoms with E-state index in [1.54, 1.807) is 13.3 Å². The van der Waals surface area contributed by atoms with Crippen molar-refractivity contribution >= 4 is 5.70 Å². The van der Waals surface area contributed by atoms with Crippen molar-refractivity contribution < 1.29 is 4.74 Å². The number of benzene rings is 1. The van der Waals surface area contributed by atoms with Crippen molar-refractivity contribution in [2.75, 3.05) is 13.7 Å². The molecule has 0 unspecified atom stereocenters. The summed E-state index contributed by atoms with van der Waals surface area (Å²) in [7, 11) is 1.69. The molecular weight excluding hydrogens is 274 g/mol. The van der Waals surface area contributed by atoms with Gasteiger partial charge >= 0.3 is 0 Å². The largest absolute Gasteiger partial charge is 0.496 e. The fourth-order valence-electron chi connectivity index (χ4n) is 2.03. The number of nitrogens with one attached hydrogen (secondary N) is 1. The second-order valence-electron chi connectivity index (χ2n) is 4.74. The minimum atomic E-state index is 0.882.